The van der Waals surface area contributed by atoms with Crippen LogP contribution < -0.4 is 0 Å². The number of carbonyl (C=O) groups excluding carboxylic acids is 1. The van der Waals surface area contributed by atoms with Gasteiger partial charge in [0.25, 0.3) is 0 Å². The minimum absolute atomic E-state index is 0.106. The summed E-state index contributed by atoms with van der Waals surface area (Å²) >= 11 is 0. The van der Waals surface area contributed by atoms with Crippen LogP contribution in [0.1, 0.15) is 81.9 Å². The van der Waals surface area contributed by atoms with Crippen LogP contribution in [0.15, 0.2) is 72.8 Å². The molecule has 0 heterocycles. The van der Waals surface area contributed by atoms with Gasteiger partial charge in [0, 0.05) is 5.57 Å². The Kier molecular flexibility index (Phi) is 9.08. The lowest BCUT2D eigenvalue weighted by Gasteiger charge is -2.55. The number of phenolic OH excluding ortho intramolecular Hbond substituents is 1. The lowest BCUT2D eigenvalue weighted by molar-refractivity contribution is -0.182. The maximum Gasteiger partial charge on any atom is 0.333 e. The van der Waals surface area contributed by atoms with Gasteiger partial charge in [0.05, 0.1) is 0 Å². The van der Waals surface area contributed by atoms with Crippen LogP contribution in [0.4, 0.5) is 0 Å². The lowest BCUT2D eigenvalue weighted by atomic mass is 9.54. The average Bonchev–Trinajstić information content (AvgIpc) is 2.86. The zero-order chi connectivity index (χ0) is 26.3. The summed E-state index contributed by atoms with van der Waals surface area (Å²) in [5, 5.41) is 9.22. The van der Waals surface area contributed by atoms with Crippen LogP contribution in [0.25, 0.3) is 12.2 Å². The predicted molar refractivity (Wildman–Crippen MR) is 153 cm³/mol. The molecule has 0 aliphatic heterocycles. The Morgan fingerprint density at radius 2 is 1.41 bits per heavy atom. The first-order valence-electron chi connectivity index (χ1n) is 14.0. The van der Waals surface area contributed by atoms with Gasteiger partial charge >= 0.3 is 5.97 Å². The molecule has 0 spiro atoms. The minimum atomic E-state index is -0.179. The summed E-state index contributed by atoms with van der Waals surface area (Å²) in [4.78, 5) is 11.7. The van der Waals surface area contributed by atoms with E-state index in [-0.39, 0.29) is 11.6 Å². The Bertz CT molecular complexity index is 1070. The van der Waals surface area contributed by atoms with Gasteiger partial charge in [0.2, 0.25) is 0 Å². The van der Waals surface area contributed by atoms with Gasteiger partial charge < -0.3 is 9.84 Å². The largest absolute Gasteiger partial charge is 0.508 e. The van der Waals surface area contributed by atoms with Crippen molar-refractivity contribution < 1.29 is 14.6 Å². The maximum atomic E-state index is 11.7. The fourth-order valence-electron chi connectivity index (χ4n) is 6.54. The highest BCUT2D eigenvalue weighted by molar-refractivity contribution is 5.87. The van der Waals surface area contributed by atoms with E-state index in [4.69, 9.17) is 4.74 Å². The molecule has 2 aromatic rings. The number of aryl methyl sites for hydroxylation is 1. The molecule has 0 unspecified atom stereocenters. The standard InChI is InChI=1S/C20H22O.C14H20O2/c1-2-3-6-17-9-11-18(12-10-17)7-4-5-8-19-13-15-20(21)16-14-19;1-9(2)13(15)16-14-6-10-3-11(7-14)5-12(4-10)8-14/h4-5,7-16,21H,2-3,6H2,1H3;10-12H,1,3-8H2,2H3. The van der Waals surface area contributed by atoms with E-state index in [2.05, 4.69) is 43.8 Å². The Morgan fingerprint density at radius 1 is 0.919 bits per heavy atom. The number of allylic oxidation sites excluding steroid dienone is 2. The number of unbranched alkanes of at least 4 members (excludes halogenated alkanes) is 1. The maximum absolute atomic E-state index is 11.7. The first-order valence-corrected chi connectivity index (χ1v) is 14.0. The zero-order valence-electron chi connectivity index (χ0n) is 22.5. The number of hydrogen-bond acceptors (Lipinski definition) is 3. The Labute approximate surface area is 223 Å². The van der Waals surface area contributed by atoms with Crippen molar-refractivity contribution in [3.05, 3.63) is 89.5 Å². The fourth-order valence-corrected chi connectivity index (χ4v) is 6.54. The number of esters is 1. The lowest BCUT2D eigenvalue weighted by Crippen LogP contribution is -2.52. The Morgan fingerprint density at radius 3 is 1.86 bits per heavy atom. The molecule has 4 aliphatic carbocycles. The van der Waals surface area contributed by atoms with Crippen molar-refractivity contribution in [1.82, 2.24) is 0 Å². The molecule has 0 atom stereocenters. The number of rotatable bonds is 8. The molecule has 0 amide bonds. The summed E-state index contributed by atoms with van der Waals surface area (Å²) in [6.45, 7) is 7.64. The van der Waals surface area contributed by atoms with Crippen molar-refractivity contribution in [3.63, 3.8) is 0 Å². The first-order chi connectivity index (χ1) is 17.8. The molecule has 196 valence electrons. The smallest absolute Gasteiger partial charge is 0.333 e. The molecule has 37 heavy (non-hydrogen) atoms. The number of hydrogen-bond donors (Lipinski definition) is 1. The second kappa shape index (κ2) is 12.4. The van der Waals surface area contributed by atoms with Crippen LogP contribution in [0.2, 0.25) is 0 Å². The van der Waals surface area contributed by atoms with Crippen LogP contribution in [0.5, 0.6) is 5.75 Å². The van der Waals surface area contributed by atoms with Crippen LogP contribution in [0, 0.1) is 17.8 Å². The third-order valence-electron chi connectivity index (χ3n) is 8.02. The quantitative estimate of drug-likeness (QED) is 0.225. The molecule has 0 radical (unpaired) electrons. The third kappa shape index (κ3) is 7.71. The van der Waals surface area contributed by atoms with E-state index < -0.39 is 0 Å². The Hall–Kier alpha value is -3.07. The van der Waals surface area contributed by atoms with E-state index in [1.54, 1.807) is 19.1 Å². The van der Waals surface area contributed by atoms with Gasteiger partial charge in [0.1, 0.15) is 11.4 Å². The Balaban J connectivity index is 0.000000179. The van der Waals surface area contributed by atoms with E-state index in [1.165, 1.54) is 49.7 Å². The molecular weight excluding hydrogens is 456 g/mol. The molecular formula is C34H42O3. The molecule has 4 aliphatic rings. The highest BCUT2D eigenvalue weighted by Crippen LogP contribution is 2.57. The topological polar surface area (TPSA) is 46.5 Å². The van der Waals surface area contributed by atoms with E-state index in [9.17, 15) is 9.90 Å². The molecule has 0 saturated heterocycles. The number of phenols is 1. The zero-order valence-corrected chi connectivity index (χ0v) is 22.5. The van der Waals surface area contributed by atoms with Crippen molar-refractivity contribution in [1.29, 1.82) is 0 Å². The second-order valence-corrected chi connectivity index (χ2v) is 11.4. The molecule has 2 aromatic carbocycles. The van der Waals surface area contributed by atoms with Gasteiger partial charge in [-0.2, -0.15) is 0 Å². The highest BCUT2D eigenvalue weighted by Gasteiger charge is 2.53. The molecule has 4 saturated carbocycles. The van der Waals surface area contributed by atoms with Crippen LogP contribution in [-0.2, 0) is 16.0 Å². The van der Waals surface area contributed by atoms with Crippen molar-refractivity contribution in [3.8, 4) is 5.75 Å². The van der Waals surface area contributed by atoms with E-state index in [1.807, 2.05) is 30.4 Å². The molecule has 0 aromatic heterocycles. The van der Waals surface area contributed by atoms with Gasteiger partial charge in [-0.15, -0.1) is 0 Å². The summed E-state index contributed by atoms with van der Waals surface area (Å²) in [5.41, 5.74) is 4.13. The summed E-state index contributed by atoms with van der Waals surface area (Å²) in [5.74, 6) is 2.59. The van der Waals surface area contributed by atoms with Gasteiger partial charge in [-0.1, -0.05) is 80.6 Å². The van der Waals surface area contributed by atoms with Gasteiger partial charge in [-0.25, -0.2) is 4.79 Å². The van der Waals surface area contributed by atoms with Crippen LogP contribution in [-0.4, -0.2) is 16.7 Å². The first kappa shape index (κ1) is 27.0. The van der Waals surface area contributed by atoms with Gasteiger partial charge in [-0.05, 0) is 105 Å². The molecule has 4 fully saturated rings. The van der Waals surface area contributed by atoms with Crippen molar-refractivity contribution in [2.45, 2.75) is 77.2 Å². The molecule has 6 rings (SSSR count). The SMILES string of the molecule is C=C(C)C(=O)OC12CC3CC(CC(C3)C1)C2.CCCCc1ccc(C=CC=Cc2ccc(O)cc2)cc1. The number of aromatic hydroxyl groups is 1. The van der Waals surface area contributed by atoms with E-state index in [0.717, 1.165) is 42.6 Å². The van der Waals surface area contributed by atoms with Crippen LogP contribution >= 0.6 is 0 Å². The van der Waals surface area contributed by atoms with E-state index >= 15 is 0 Å². The van der Waals surface area contributed by atoms with Crippen molar-refractivity contribution in [2.75, 3.05) is 0 Å². The fraction of sp³-hybridized carbons (Fsp3) is 0.441. The molecule has 3 nitrogen and oxygen atoms in total. The van der Waals surface area contributed by atoms with Gasteiger partial charge in [0.15, 0.2) is 0 Å². The van der Waals surface area contributed by atoms with Gasteiger partial charge in [-0.3, -0.25) is 0 Å². The highest BCUT2D eigenvalue weighted by atomic mass is 16.6. The summed E-state index contributed by atoms with van der Waals surface area (Å²) in [6.07, 6.45) is 19.3. The number of benzene rings is 2. The summed E-state index contributed by atoms with van der Waals surface area (Å²) < 4.78 is 5.77. The average molecular weight is 499 g/mol. The third-order valence-corrected chi connectivity index (χ3v) is 8.02. The number of ether oxygens (including phenoxy) is 1. The number of carbonyl (C=O) groups is 1. The summed E-state index contributed by atoms with van der Waals surface area (Å²) in [7, 11) is 0. The predicted octanol–water partition coefficient (Wildman–Crippen LogP) is 8.54. The summed E-state index contributed by atoms with van der Waals surface area (Å²) in [6, 6.07) is 15.9. The van der Waals surface area contributed by atoms with Crippen molar-refractivity contribution in [2.24, 2.45) is 17.8 Å². The molecule has 1 N–H and O–H groups in total. The minimum Gasteiger partial charge on any atom is -0.508 e. The van der Waals surface area contributed by atoms with E-state index in [0.29, 0.717) is 11.3 Å². The van der Waals surface area contributed by atoms with Crippen molar-refractivity contribution >= 4 is 18.1 Å². The monoisotopic (exact) mass is 498 g/mol. The normalized spacial score (nSPS) is 25.7. The molecule has 3 heteroatoms. The molecule has 4 bridgehead atoms. The second-order valence-electron chi connectivity index (χ2n) is 11.4. The van der Waals surface area contributed by atoms with Crippen LogP contribution in [0.3, 0.4) is 0 Å².